The molecule has 0 aliphatic carbocycles. The average Bonchev–Trinajstić information content (AvgIpc) is 2.43. The Labute approximate surface area is 119 Å². The molecule has 0 bridgehead atoms. The van der Waals surface area contributed by atoms with E-state index in [2.05, 4.69) is 25.5 Å². The van der Waals surface area contributed by atoms with E-state index in [0.29, 0.717) is 5.82 Å². The lowest BCUT2D eigenvalue weighted by Gasteiger charge is -2.03. The third-order valence-corrected chi connectivity index (χ3v) is 3.39. The van der Waals surface area contributed by atoms with Gasteiger partial charge in [-0.15, -0.1) is 11.8 Å². The zero-order valence-corrected chi connectivity index (χ0v) is 11.6. The molecule has 0 radical (unpaired) electrons. The van der Waals surface area contributed by atoms with E-state index in [1.54, 1.807) is 24.2 Å². The van der Waals surface area contributed by atoms with Crippen LogP contribution in [0.5, 0.6) is 0 Å². The molecule has 0 atom stereocenters. The number of pyridine rings is 1. The number of hydrogen-bond donors (Lipinski definition) is 3. The van der Waals surface area contributed by atoms with Gasteiger partial charge in [0, 0.05) is 34.8 Å². The Bertz CT molecular complexity index is 654. The largest absolute Gasteiger partial charge is 0.369 e. The van der Waals surface area contributed by atoms with E-state index in [1.807, 2.05) is 19.1 Å². The van der Waals surface area contributed by atoms with Crippen LogP contribution in [0.3, 0.4) is 0 Å². The molecule has 0 aromatic carbocycles. The van der Waals surface area contributed by atoms with Crippen LogP contribution in [0.25, 0.3) is 0 Å². The van der Waals surface area contributed by atoms with Gasteiger partial charge in [0.1, 0.15) is 0 Å². The van der Waals surface area contributed by atoms with Gasteiger partial charge in [0.15, 0.2) is 5.82 Å². The summed E-state index contributed by atoms with van der Waals surface area (Å²) in [7, 11) is 0. The van der Waals surface area contributed by atoms with E-state index in [-0.39, 0.29) is 11.5 Å². The van der Waals surface area contributed by atoms with Crippen molar-refractivity contribution in [3.05, 3.63) is 40.9 Å². The predicted molar refractivity (Wildman–Crippen MR) is 81.0 cm³/mol. The minimum absolute atomic E-state index is 0.0546. The molecule has 0 saturated carbocycles. The molecule has 2 heterocycles. The summed E-state index contributed by atoms with van der Waals surface area (Å²) in [6.07, 6.45) is 3.49. The zero-order valence-electron chi connectivity index (χ0n) is 10.8. The van der Waals surface area contributed by atoms with Gasteiger partial charge in [-0.25, -0.2) is 0 Å². The lowest BCUT2D eigenvalue weighted by Crippen LogP contribution is -2.12. The van der Waals surface area contributed by atoms with Crippen molar-refractivity contribution in [1.82, 2.24) is 15.0 Å². The first kappa shape index (κ1) is 14.1. The van der Waals surface area contributed by atoms with Crippen LogP contribution in [0, 0.1) is 0 Å². The van der Waals surface area contributed by atoms with Crippen molar-refractivity contribution in [3.63, 3.8) is 0 Å². The molecule has 2 aromatic rings. The van der Waals surface area contributed by atoms with Gasteiger partial charge in [-0.2, -0.15) is 10.1 Å². The van der Waals surface area contributed by atoms with Crippen LogP contribution in [-0.2, 0) is 0 Å². The third-order valence-electron chi connectivity index (χ3n) is 2.22. The molecular formula is C12H14N6OS. The maximum atomic E-state index is 11.2. The zero-order chi connectivity index (χ0) is 14.4. The number of hydrazone groups is 1. The summed E-state index contributed by atoms with van der Waals surface area (Å²) < 4.78 is 0. The number of nitrogens with two attached hydrogens (primary N) is 1. The summed E-state index contributed by atoms with van der Waals surface area (Å²) >= 11 is 1.65. The van der Waals surface area contributed by atoms with E-state index in [9.17, 15) is 4.79 Å². The number of nitrogens with zero attached hydrogens (tertiary/aromatic N) is 3. The van der Waals surface area contributed by atoms with Crippen molar-refractivity contribution >= 4 is 29.2 Å². The Morgan fingerprint density at radius 1 is 1.50 bits per heavy atom. The molecule has 104 valence electrons. The molecule has 20 heavy (non-hydrogen) atoms. The van der Waals surface area contributed by atoms with Crippen molar-refractivity contribution < 1.29 is 0 Å². The highest BCUT2D eigenvalue weighted by molar-refractivity contribution is 8.00. The van der Waals surface area contributed by atoms with Crippen LogP contribution in [0.2, 0.25) is 0 Å². The number of nitrogens with one attached hydrogen (secondary N) is 2. The van der Waals surface area contributed by atoms with E-state index in [4.69, 9.17) is 5.73 Å². The van der Waals surface area contributed by atoms with E-state index in [1.165, 1.54) is 6.07 Å². The second kappa shape index (κ2) is 6.71. The van der Waals surface area contributed by atoms with Gasteiger partial charge in [-0.1, -0.05) is 0 Å². The highest BCUT2D eigenvalue weighted by Crippen LogP contribution is 2.16. The summed E-state index contributed by atoms with van der Waals surface area (Å²) in [5.74, 6) is 1.09. The van der Waals surface area contributed by atoms with Crippen LogP contribution < -0.4 is 16.7 Å². The molecule has 0 amide bonds. The summed E-state index contributed by atoms with van der Waals surface area (Å²) in [6.45, 7) is 1.89. The third kappa shape index (κ3) is 4.39. The lowest BCUT2D eigenvalue weighted by molar-refractivity contribution is 1.11. The van der Waals surface area contributed by atoms with Crippen molar-refractivity contribution in [2.24, 2.45) is 5.10 Å². The fourth-order valence-corrected chi connectivity index (χ4v) is 2.10. The Kier molecular flexibility index (Phi) is 4.72. The number of hydrogen-bond acceptors (Lipinski definition) is 7. The topological polar surface area (TPSA) is 109 Å². The first-order valence-corrected chi connectivity index (χ1v) is 6.81. The first-order valence-electron chi connectivity index (χ1n) is 5.82. The second-order valence-electron chi connectivity index (χ2n) is 3.95. The van der Waals surface area contributed by atoms with E-state index >= 15 is 0 Å². The molecule has 0 aliphatic heterocycles. The summed E-state index contributed by atoms with van der Waals surface area (Å²) in [6, 6.07) is 5.16. The molecule has 0 unspecified atom stereocenters. The summed E-state index contributed by atoms with van der Waals surface area (Å²) in [5, 5.41) is 4.15. The van der Waals surface area contributed by atoms with E-state index in [0.717, 1.165) is 16.4 Å². The molecule has 2 aromatic heterocycles. The first-order chi connectivity index (χ1) is 9.63. The maximum Gasteiger partial charge on any atom is 0.254 e. The number of anilines is 2. The quantitative estimate of drug-likeness (QED) is 0.435. The monoisotopic (exact) mass is 290 g/mol. The van der Waals surface area contributed by atoms with Gasteiger partial charge in [0.25, 0.3) is 5.56 Å². The lowest BCUT2D eigenvalue weighted by atomic mass is 10.5. The molecule has 0 fully saturated rings. The normalized spacial score (nSPS) is 11.3. The van der Waals surface area contributed by atoms with Gasteiger partial charge in [-0.3, -0.25) is 20.2 Å². The smallest absolute Gasteiger partial charge is 0.254 e. The van der Waals surface area contributed by atoms with Crippen molar-refractivity contribution in [1.29, 1.82) is 0 Å². The molecule has 8 heteroatoms. The van der Waals surface area contributed by atoms with E-state index < -0.39 is 0 Å². The number of aromatic amines is 1. The predicted octanol–water partition coefficient (Wildman–Crippen LogP) is 1.33. The van der Waals surface area contributed by atoms with Crippen molar-refractivity contribution in [2.75, 3.05) is 16.9 Å². The van der Waals surface area contributed by atoms with Gasteiger partial charge < -0.3 is 5.73 Å². The SMILES string of the molecule is C/C(CSc1ccncc1)=N\Nc1cc(=O)[nH]c(N)n1. The Morgan fingerprint density at radius 2 is 2.25 bits per heavy atom. The summed E-state index contributed by atoms with van der Waals surface area (Å²) in [4.78, 5) is 22.5. The summed E-state index contributed by atoms with van der Waals surface area (Å²) in [5.41, 5.74) is 8.70. The molecule has 7 nitrogen and oxygen atoms in total. The van der Waals surface area contributed by atoms with Crippen LogP contribution in [0.1, 0.15) is 6.92 Å². The van der Waals surface area contributed by atoms with Crippen LogP contribution in [0.4, 0.5) is 11.8 Å². The van der Waals surface area contributed by atoms with Gasteiger partial charge >= 0.3 is 0 Å². The molecule has 0 aliphatic rings. The maximum absolute atomic E-state index is 11.2. The minimum atomic E-state index is -0.320. The molecular weight excluding hydrogens is 276 g/mol. The molecule has 0 spiro atoms. The fourth-order valence-electron chi connectivity index (χ4n) is 1.34. The molecule has 4 N–H and O–H groups in total. The van der Waals surface area contributed by atoms with Crippen LogP contribution in [0.15, 0.2) is 45.4 Å². The van der Waals surface area contributed by atoms with Crippen LogP contribution in [-0.4, -0.2) is 26.4 Å². The number of rotatable bonds is 5. The number of H-pyrrole nitrogens is 1. The number of nitrogen functional groups attached to an aromatic ring is 1. The fraction of sp³-hybridized carbons (Fsp3) is 0.167. The number of thioether (sulfide) groups is 1. The minimum Gasteiger partial charge on any atom is -0.369 e. The highest BCUT2D eigenvalue weighted by atomic mass is 32.2. The highest BCUT2D eigenvalue weighted by Gasteiger charge is 1.99. The number of aromatic nitrogens is 3. The average molecular weight is 290 g/mol. The van der Waals surface area contributed by atoms with Gasteiger partial charge in [0.2, 0.25) is 5.95 Å². The molecule has 2 rings (SSSR count). The second-order valence-corrected chi connectivity index (χ2v) is 5.00. The molecule has 0 saturated heterocycles. The van der Waals surface area contributed by atoms with Crippen molar-refractivity contribution in [3.8, 4) is 0 Å². The Hall–Kier alpha value is -2.35. The van der Waals surface area contributed by atoms with Gasteiger partial charge in [0.05, 0.1) is 0 Å². The standard InChI is InChI=1S/C12H14N6OS/c1-8(7-20-9-2-4-14-5-3-9)17-18-10-6-11(19)16-12(13)15-10/h2-6H,7H2,1H3,(H4,13,15,16,18,19)/b17-8+. The Morgan fingerprint density at radius 3 is 2.95 bits per heavy atom. The van der Waals surface area contributed by atoms with Crippen molar-refractivity contribution in [2.45, 2.75) is 11.8 Å². The Balaban J connectivity index is 1.92. The van der Waals surface area contributed by atoms with Gasteiger partial charge in [-0.05, 0) is 19.1 Å². The van der Waals surface area contributed by atoms with Crippen LogP contribution >= 0.6 is 11.8 Å².